The largest absolute Gasteiger partial charge is 0.496 e. The number of carbonyl (C=O) groups is 1. The molecule has 0 N–H and O–H groups in total. The molecule has 0 saturated carbocycles. The summed E-state index contributed by atoms with van der Waals surface area (Å²) in [5.74, 6) is 0.783. The van der Waals surface area contributed by atoms with Crippen LogP contribution < -0.4 is 9.47 Å². The summed E-state index contributed by atoms with van der Waals surface area (Å²) in [7, 11) is 0.881. The molecule has 0 fully saturated rings. The predicted molar refractivity (Wildman–Crippen MR) is 100 cm³/mol. The second-order valence-electron chi connectivity index (χ2n) is 5.80. The first-order chi connectivity index (χ1) is 12.1. The second kappa shape index (κ2) is 9.33. The lowest BCUT2D eigenvalue weighted by atomic mass is 10.1. The average molecular weight is 359 g/mol. The molecule has 0 aliphatic rings. The van der Waals surface area contributed by atoms with Crippen molar-refractivity contribution < 1.29 is 18.8 Å². The summed E-state index contributed by atoms with van der Waals surface area (Å²) < 4.78 is 23.6. The lowest BCUT2D eigenvalue weighted by molar-refractivity contribution is 0.107. The van der Waals surface area contributed by atoms with Gasteiger partial charge in [-0.15, -0.1) is 0 Å². The SMILES string of the molecule is CCCC(Cc1ccccc1)[P+](=O)C(=O)c1c(OC)cccc1OC. The topological polar surface area (TPSA) is 52.6 Å². The Morgan fingerprint density at radius 1 is 1.00 bits per heavy atom. The Kier molecular flexibility index (Phi) is 7.15. The minimum Gasteiger partial charge on any atom is -0.496 e. The van der Waals surface area contributed by atoms with Crippen LogP contribution in [0, 0.1) is 0 Å². The van der Waals surface area contributed by atoms with Crippen molar-refractivity contribution in [3.63, 3.8) is 0 Å². The molecular formula is C20H24O4P+. The van der Waals surface area contributed by atoms with Gasteiger partial charge in [0.1, 0.15) is 11.5 Å². The Morgan fingerprint density at radius 2 is 1.60 bits per heavy atom. The molecule has 0 saturated heterocycles. The highest BCUT2D eigenvalue weighted by Crippen LogP contribution is 2.42. The standard InChI is InChI=1S/C20H24O4P/c1-4-9-16(14-15-10-6-5-7-11-15)25(22)20(21)19-17(23-2)12-8-13-18(19)24-3/h5-8,10-13,16H,4,9,14H2,1-3H3/q+1. The van der Waals surface area contributed by atoms with E-state index in [1.807, 2.05) is 37.3 Å². The highest BCUT2D eigenvalue weighted by atomic mass is 31.1. The Balaban J connectivity index is 2.31. The minimum atomic E-state index is -2.10. The van der Waals surface area contributed by atoms with Crippen molar-refractivity contribution in [1.82, 2.24) is 0 Å². The summed E-state index contributed by atoms with van der Waals surface area (Å²) in [6, 6.07) is 15.0. The molecule has 0 spiro atoms. The molecule has 0 bridgehead atoms. The van der Waals surface area contributed by atoms with Crippen molar-refractivity contribution in [3.8, 4) is 11.5 Å². The van der Waals surface area contributed by atoms with Gasteiger partial charge in [-0.2, -0.15) is 0 Å². The lowest BCUT2D eigenvalue weighted by Gasteiger charge is -2.10. The van der Waals surface area contributed by atoms with Gasteiger partial charge < -0.3 is 9.47 Å². The van der Waals surface area contributed by atoms with Crippen LogP contribution in [0.25, 0.3) is 0 Å². The zero-order chi connectivity index (χ0) is 18.2. The van der Waals surface area contributed by atoms with Crippen LogP contribution >= 0.6 is 7.80 Å². The number of benzene rings is 2. The Hall–Kier alpha value is -2.19. The Morgan fingerprint density at radius 3 is 2.12 bits per heavy atom. The van der Waals surface area contributed by atoms with E-state index in [1.54, 1.807) is 18.2 Å². The molecule has 0 amide bonds. The van der Waals surface area contributed by atoms with Crippen LogP contribution in [0.1, 0.15) is 35.7 Å². The summed E-state index contributed by atoms with van der Waals surface area (Å²) in [6.45, 7) is 2.04. The molecule has 132 valence electrons. The van der Waals surface area contributed by atoms with Gasteiger partial charge in [-0.3, -0.25) is 0 Å². The van der Waals surface area contributed by atoms with Gasteiger partial charge in [-0.1, -0.05) is 54.3 Å². The van der Waals surface area contributed by atoms with Crippen molar-refractivity contribution in [2.75, 3.05) is 14.2 Å². The molecule has 2 rings (SSSR count). The monoisotopic (exact) mass is 359 g/mol. The van der Waals surface area contributed by atoms with Crippen LogP contribution in [0.5, 0.6) is 11.5 Å². The minimum absolute atomic E-state index is 0.204. The van der Waals surface area contributed by atoms with Gasteiger partial charge in [0.15, 0.2) is 11.2 Å². The maximum absolute atomic E-state index is 13.1. The molecule has 2 aromatic carbocycles. The van der Waals surface area contributed by atoms with E-state index in [9.17, 15) is 9.36 Å². The fourth-order valence-corrected chi connectivity index (χ4v) is 4.50. The molecule has 0 radical (unpaired) electrons. The first kappa shape index (κ1) is 19.1. The lowest BCUT2D eigenvalue weighted by Crippen LogP contribution is -2.12. The van der Waals surface area contributed by atoms with Crippen LogP contribution in [-0.4, -0.2) is 25.4 Å². The molecule has 2 unspecified atom stereocenters. The smallest absolute Gasteiger partial charge is 0.423 e. The van der Waals surface area contributed by atoms with Gasteiger partial charge in [0.05, 0.1) is 14.2 Å². The summed E-state index contributed by atoms with van der Waals surface area (Å²) >= 11 is 0. The number of hydrogen-bond acceptors (Lipinski definition) is 4. The maximum Gasteiger partial charge on any atom is 0.423 e. The van der Waals surface area contributed by atoms with E-state index in [-0.39, 0.29) is 11.2 Å². The fourth-order valence-electron chi connectivity index (χ4n) is 2.86. The number of hydrogen-bond donors (Lipinski definition) is 0. The number of carbonyl (C=O) groups excluding carboxylic acids is 1. The summed E-state index contributed by atoms with van der Waals surface area (Å²) in [5, 5.41) is 0. The predicted octanol–water partition coefficient (Wildman–Crippen LogP) is 5.08. The molecule has 0 aliphatic heterocycles. The molecule has 0 heterocycles. The molecule has 4 nitrogen and oxygen atoms in total. The average Bonchev–Trinajstić information content (AvgIpc) is 2.66. The molecule has 25 heavy (non-hydrogen) atoms. The van der Waals surface area contributed by atoms with E-state index < -0.39 is 13.3 Å². The number of rotatable bonds is 9. The fraction of sp³-hybridized carbons (Fsp3) is 0.350. The number of ether oxygens (including phenoxy) is 2. The van der Waals surface area contributed by atoms with Crippen molar-refractivity contribution in [3.05, 3.63) is 59.7 Å². The van der Waals surface area contributed by atoms with Crippen LogP contribution in [0.2, 0.25) is 0 Å². The molecule has 0 aliphatic carbocycles. The normalized spacial score (nSPS) is 12.4. The summed E-state index contributed by atoms with van der Waals surface area (Å²) in [4.78, 5) is 13.0. The zero-order valence-corrected chi connectivity index (χ0v) is 15.8. The van der Waals surface area contributed by atoms with E-state index in [2.05, 4.69) is 0 Å². The Bertz CT molecular complexity index is 705. The number of methoxy groups -OCH3 is 2. The van der Waals surface area contributed by atoms with Crippen molar-refractivity contribution in [1.29, 1.82) is 0 Å². The Labute approximate surface area is 150 Å². The van der Waals surface area contributed by atoms with E-state index in [1.165, 1.54) is 14.2 Å². The third kappa shape index (κ3) is 4.67. The highest BCUT2D eigenvalue weighted by molar-refractivity contribution is 7.65. The zero-order valence-electron chi connectivity index (χ0n) is 14.9. The second-order valence-corrected chi connectivity index (χ2v) is 7.59. The van der Waals surface area contributed by atoms with Crippen molar-refractivity contribution >= 4 is 13.3 Å². The van der Waals surface area contributed by atoms with Gasteiger partial charge in [-0.25, -0.2) is 4.79 Å². The first-order valence-electron chi connectivity index (χ1n) is 8.38. The highest BCUT2D eigenvalue weighted by Gasteiger charge is 2.41. The molecule has 2 aromatic rings. The van der Waals surface area contributed by atoms with Crippen LogP contribution in [-0.2, 0) is 11.0 Å². The van der Waals surface area contributed by atoms with Gasteiger partial charge in [0, 0.05) is 6.42 Å². The third-order valence-corrected chi connectivity index (χ3v) is 5.84. The van der Waals surface area contributed by atoms with E-state index in [4.69, 9.17) is 9.47 Å². The molecule has 5 heteroatoms. The van der Waals surface area contributed by atoms with Gasteiger partial charge in [0.25, 0.3) is 0 Å². The van der Waals surface area contributed by atoms with Crippen LogP contribution in [0.4, 0.5) is 0 Å². The summed E-state index contributed by atoms with van der Waals surface area (Å²) in [6.07, 6.45) is 2.22. The van der Waals surface area contributed by atoms with E-state index >= 15 is 0 Å². The van der Waals surface area contributed by atoms with Crippen molar-refractivity contribution in [2.45, 2.75) is 31.8 Å². The maximum atomic E-state index is 13.1. The van der Waals surface area contributed by atoms with Gasteiger partial charge in [-0.05, 0) is 24.1 Å². The van der Waals surface area contributed by atoms with Crippen molar-refractivity contribution in [2.24, 2.45) is 0 Å². The van der Waals surface area contributed by atoms with E-state index in [0.29, 0.717) is 17.9 Å². The molecular weight excluding hydrogens is 335 g/mol. The van der Waals surface area contributed by atoms with Crippen LogP contribution in [0.15, 0.2) is 48.5 Å². The quantitative estimate of drug-likeness (QED) is 0.586. The van der Waals surface area contributed by atoms with Gasteiger partial charge in [0.2, 0.25) is 0 Å². The van der Waals surface area contributed by atoms with E-state index in [0.717, 1.165) is 18.4 Å². The van der Waals surface area contributed by atoms with Gasteiger partial charge >= 0.3 is 13.3 Å². The third-order valence-electron chi connectivity index (χ3n) is 4.11. The van der Waals surface area contributed by atoms with Crippen LogP contribution in [0.3, 0.4) is 0 Å². The summed E-state index contributed by atoms with van der Waals surface area (Å²) in [5.41, 5.74) is 0.745. The first-order valence-corrected chi connectivity index (χ1v) is 9.70. The molecule has 0 aromatic heterocycles. The molecule has 2 atom stereocenters.